The molecule has 1 amide bonds. The Morgan fingerprint density at radius 3 is 2.68 bits per heavy atom. The summed E-state index contributed by atoms with van der Waals surface area (Å²) < 4.78 is 5.14. The molecule has 1 aromatic rings. The zero-order valence-corrected chi connectivity index (χ0v) is 12.4. The summed E-state index contributed by atoms with van der Waals surface area (Å²) in [6, 6.07) is 7.37. The van der Waals surface area contributed by atoms with Crippen LogP contribution in [0.15, 0.2) is 24.3 Å². The van der Waals surface area contributed by atoms with Gasteiger partial charge in [0.1, 0.15) is 4.99 Å². The predicted molar refractivity (Wildman–Crippen MR) is 81.4 cm³/mol. The molecule has 1 atom stereocenters. The van der Waals surface area contributed by atoms with Crippen LogP contribution < -0.4 is 10.6 Å². The van der Waals surface area contributed by atoms with Gasteiger partial charge in [0.15, 0.2) is 0 Å². The molecule has 1 rings (SSSR count). The third kappa shape index (κ3) is 4.29. The molecule has 1 aromatic carbocycles. The number of carbonyl (C=O) groups is 1. The van der Waals surface area contributed by atoms with Crippen LogP contribution in [0.3, 0.4) is 0 Å². The first-order valence-electron chi connectivity index (χ1n) is 6.15. The van der Waals surface area contributed by atoms with Crippen LogP contribution in [-0.4, -0.2) is 31.2 Å². The Morgan fingerprint density at radius 1 is 1.47 bits per heavy atom. The zero-order chi connectivity index (χ0) is 14.4. The molecular weight excluding hydrogens is 260 g/mol. The van der Waals surface area contributed by atoms with Crippen molar-refractivity contribution in [2.75, 3.05) is 19.1 Å². The number of benzene rings is 1. The molecule has 0 aliphatic carbocycles. The first kappa shape index (κ1) is 15.6. The van der Waals surface area contributed by atoms with Crippen LogP contribution >= 0.6 is 12.2 Å². The molecule has 0 aromatic heterocycles. The normalized spacial score (nSPS) is 11.9. The highest BCUT2D eigenvalue weighted by molar-refractivity contribution is 7.80. The van der Waals surface area contributed by atoms with Gasteiger partial charge in [0, 0.05) is 26.1 Å². The standard InChI is InChI=1S/C14H20N2O2S/c1-10(18-3)8-9-13(17)16(2)12-7-5-4-6-11(12)14(15)19/h4-7,10H,8-9H2,1-3H3,(H2,15,19). The maximum absolute atomic E-state index is 12.1. The van der Waals surface area contributed by atoms with Gasteiger partial charge in [0.05, 0.1) is 11.8 Å². The van der Waals surface area contributed by atoms with Crippen LogP contribution in [-0.2, 0) is 9.53 Å². The topological polar surface area (TPSA) is 55.6 Å². The quantitative estimate of drug-likeness (QED) is 0.811. The van der Waals surface area contributed by atoms with E-state index in [4.69, 9.17) is 22.7 Å². The Bertz CT molecular complexity index is 463. The SMILES string of the molecule is COC(C)CCC(=O)N(C)c1ccccc1C(N)=S. The van der Waals surface area contributed by atoms with Crippen molar-refractivity contribution in [3.8, 4) is 0 Å². The molecule has 1 unspecified atom stereocenters. The Kier molecular flexibility index (Phi) is 5.92. The summed E-state index contributed by atoms with van der Waals surface area (Å²) in [7, 11) is 3.37. The van der Waals surface area contributed by atoms with E-state index in [1.165, 1.54) is 0 Å². The lowest BCUT2D eigenvalue weighted by atomic mass is 10.1. The molecular formula is C14H20N2O2S. The van der Waals surface area contributed by atoms with E-state index in [0.717, 1.165) is 5.69 Å². The monoisotopic (exact) mass is 280 g/mol. The van der Waals surface area contributed by atoms with Crippen LogP contribution in [0.25, 0.3) is 0 Å². The van der Waals surface area contributed by atoms with Crippen LogP contribution in [0.4, 0.5) is 5.69 Å². The van der Waals surface area contributed by atoms with Gasteiger partial charge in [-0.1, -0.05) is 24.4 Å². The van der Waals surface area contributed by atoms with Gasteiger partial charge in [-0.2, -0.15) is 0 Å². The number of thiocarbonyl (C=S) groups is 1. The van der Waals surface area contributed by atoms with Gasteiger partial charge < -0.3 is 15.4 Å². The van der Waals surface area contributed by atoms with Crippen molar-refractivity contribution in [1.82, 2.24) is 0 Å². The van der Waals surface area contributed by atoms with Crippen molar-refractivity contribution >= 4 is 28.8 Å². The molecule has 0 saturated heterocycles. The summed E-state index contributed by atoms with van der Waals surface area (Å²) in [5.41, 5.74) is 7.13. The van der Waals surface area contributed by atoms with Crippen LogP contribution in [0.1, 0.15) is 25.3 Å². The third-order valence-electron chi connectivity index (χ3n) is 3.07. The number of nitrogens with zero attached hydrogens (tertiary/aromatic N) is 1. The molecule has 4 nitrogen and oxygen atoms in total. The number of ether oxygens (including phenoxy) is 1. The lowest BCUT2D eigenvalue weighted by Crippen LogP contribution is -2.29. The van der Waals surface area contributed by atoms with E-state index >= 15 is 0 Å². The number of rotatable bonds is 6. The second-order valence-corrected chi connectivity index (χ2v) is 4.86. The first-order chi connectivity index (χ1) is 8.97. The average Bonchev–Trinajstić information content (AvgIpc) is 2.43. The summed E-state index contributed by atoms with van der Waals surface area (Å²) >= 11 is 5.00. The molecule has 0 bridgehead atoms. The number of hydrogen-bond donors (Lipinski definition) is 1. The number of carbonyl (C=O) groups excluding carboxylic acids is 1. The van der Waals surface area contributed by atoms with Crippen molar-refractivity contribution in [2.24, 2.45) is 5.73 Å². The van der Waals surface area contributed by atoms with E-state index in [2.05, 4.69) is 0 Å². The Morgan fingerprint density at radius 2 is 2.11 bits per heavy atom. The van der Waals surface area contributed by atoms with Crippen molar-refractivity contribution < 1.29 is 9.53 Å². The molecule has 19 heavy (non-hydrogen) atoms. The molecule has 0 aliphatic heterocycles. The smallest absolute Gasteiger partial charge is 0.226 e. The van der Waals surface area contributed by atoms with Gasteiger partial charge >= 0.3 is 0 Å². The number of para-hydroxylation sites is 1. The molecule has 0 spiro atoms. The minimum absolute atomic E-state index is 0.0209. The number of nitrogens with two attached hydrogens (primary N) is 1. The first-order valence-corrected chi connectivity index (χ1v) is 6.56. The van der Waals surface area contributed by atoms with E-state index in [1.54, 1.807) is 19.1 Å². The fourth-order valence-electron chi connectivity index (χ4n) is 1.72. The van der Waals surface area contributed by atoms with E-state index < -0.39 is 0 Å². The minimum Gasteiger partial charge on any atom is -0.389 e. The number of amides is 1. The summed E-state index contributed by atoms with van der Waals surface area (Å²) in [5, 5.41) is 0. The Balaban J connectivity index is 2.80. The molecule has 2 N–H and O–H groups in total. The highest BCUT2D eigenvalue weighted by Gasteiger charge is 2.16. The molecule has 0 fully saturated rings. The fraction of sp³-hybridized carbons (Fsp3) is 0.429. The number of methoxy groups -OCH3 is 1. The van der Waals surface area contributed by atoms with Gasteiger partial charge in [-0.05, 0) is 25.5 Å². The van der Waals surface area contributed by atoms with Gasteiger partial charge in [-0.15, -0.1) is 0 Å². The van der Waals surface area contributed by atoms with Gasteiger partial charge in [-0.3, -0.25) is 4.79 Å². The highest BCUT2D eigenvalue weighted by atomic mass is 32.1. The summed E-state index contributed by atoms with van der Waals surface area (Å²) in [5.74, 6) is 0.0209. The van der Waals surface area contributed by atoms with Crippen molar-refractivity contribution in [3.05, 3.63) is 29.8 Å². The van der Waals surface area contributed by atoms with E-state index in [9.17, 15) is 4.79 Å². The Hall–Kier alpha value is -1.46. The number of anilines is 1. The summed E-state index contributed by atoms with van der Waals surface area (Å²) in [4.78, 5) is 14.0. The van der Waals surface area contributed by atoms with Crippen LogP contribution in [0.5, 0.6) is 0 Å². The molecule has 0 radical (unpaired) electrons. The molecule has 104 valence electrons. The van der Waals surface area contributed by atoms with Crippen molar-refractivity contribution in [3.63, 3.8) is 0 Å². The molecule has 0 saturated carbocycles. The molecule has 0 heterocycles. The fourth-order valence-corrected chi connectivity index (χ4v) is 1.89. The van der Waals surface area contributed by atoms with Gasteiger partial charge in [-0.25, -0.2) is 0 Å². The highest BCUT2D eigenvalue weighted by Crippen LogP contribution is 2.20. The van der Waals surface area contributed by atoms with Crippen LogP contribution in [0, 0.1) is 0 Å². The summed E-state index contributed by atoms with van der Waals surface area (Å²) in [6.07, 6.45) is 1.19. The zero-order valence-electron chi connectivity index (χ0n) is 11.6. The van der Waals surface area contributed by atoms with E-state index in [0.29, 0.717) is 23.4 Å². The lowest BCUT2D eigenvalue weighted by molar-refractivity contribution is -0.118. The lowest BCUT2D eigenvalue weighted by Gasteiger charge is -2.21. The second-order valence-electron chi connectivity index (χ2n) is 4.42. The second kappa shape index (κ2) is 7.21. The minimum atomic E-state index is 0.0209. The van der Waals surface area contributed by atoms with E-state index in [1.807, 2.05) is 31.2 Å². The predicted octanol–water partition coefficient (Wildman–Crippen LogP) is 2.10. The average molecular weight is 280 g/mol. The third-order valence-corrected chi connectivity index (χ3v) is 3.29. The van der Waals surface area contributed by atoms with Gasteiger partial charge in [0.25, 0.3) is 0 Å². The maximum atomic E-state index is 12.1. The largest absolute Gasteiger partial charge is 0.389 e. The number of hydrogen-bond acceptors (Lipinski definition) is 3. The summed E-state index contributed by atoms with van der Waals surface area (Å²) in [6.45, 7) is 1.94. The van der Waals surface area contributed by atoms with Gasteiger partial charge in [0.2, 0.25) is 5.91 Å². The maximum Gasteiger partial charge on any atom is 0.226 e. The molecule has 0 aliphatic rings. The molecule has 5 heteroatoms. The Labute approximate surface area is 119 Å². The van der Waals surface area contributed by atoms with Crippen molar-refractivity contribution in [2.45, 2.75) is 25.9 Å². The van der Waals surface area contributed by atoms with Crippen molar-refractivity contribution in [1.29, 1.82) is 0 Å². The van der Waals surface area contributed by atoms with E-state index in [-0.39, 0.29) is 12.0 Å². The van der Waals surface area contributed by atoms with Crippen LogP contribution in [0.2, 0.25) is 0 Å².